The van der Waals surface area contributed by atoms with Crippen molar-refractivity contribution in [1.29, 1.82) is 0 Å². The summed E-state index contributed by atoms with van der Waals surface area (Å²) in [6.07, 6.45) is 10.5. The van der Waals surface area contributed by atoms with Gasteiger partial charge in [0, 0.05) is 23.4 Å². The highest BCUT2D eigenvalue weighted by molar-refractivity contribution is 8.00. The van der Waals surface area contributed by atoms with Gasteiger partial charge < -0.3 is 15.4 Å². The number of thioether (sulfide) groups is 1. The van der Waals surface area contributed by atoms with Gasteiger partial charge in [-0.15, -0.1) is 0 Å². The van der Waals surface area contributed by atoms with Gasteiger partial charge in [-0.25, -0.2) is 4.79 Å². The minimum atomic E-state index is -0.425. The number of hydrogen-bond donors (Lipinski definition) is 2. The van der Waals surface area contributed by atoms with E-state index in [1.54, 1.807) is 0 Å². The van der Waals surface area contributed by atoms with Gasteiger partial charge in [0.1, 0.15) is 5.60 Å². The first-order valence-electron chi connectivity index (χ1n) is 8.60. The Balaban J connectivity index is 1.73. The van der Waals surface area contributed by atoms with Gasteiger partial charge in [-0.1, -0.05) is 6.42 Å². The van der Waals surface area contributed by atoms with Gasteiger partial charge >= 0.3 is 6.09 Å². The molecular weight excluding hydrogens is 296 g/mol. The van der Waals surface area contributed by atoms with Crippen LogP contribution in [0, 0.1) is 0 Å². The molecule has 128 valence electrons. The number of nitrogens with one attached hydrogen (secondary N) is 2. The second kappa shape index (κ2) is 7.43. The van der Waals surface area contributed by atoms with Crippen molar-refractivity contribution in [2.45, 2.75) is 88.1 Å². The van der Waals surface area contributed by atoms with Crippen LogP contribution in [0.5, 0.6) is 0 Å². The van der Waals surface area contributed by atoms with E-state index in [1.807, 2.05) is 32.5 Å². The number of carbonyl (C=O) groups excluding carboxylic acids is 1. The highest BCUT2D eigenvalue weighted by Crippen LogP contribution is 2.42. The molecule has 22 heavy (non-hydrogen) atoms. The van der Waals surface area contributed by atoms with Gasteiger partial charge in [-0.3, -0.25) is 0 Å². The first-order valence-corrected chi connectivity index (χ1v) is 9.82. The van der Waals surface area contributed by atoms with E-state index >= 15 is 0 Å². The molecule has 0 aromatic carbocycles. The molecule has 0 aliphatic heterocycles. The molecule has 2 saturated carbocycles. The predicted molar refractivity (Wildman–Crippen MR) is 93.5 cm³/mol. The normalized spacial score (nSPS) is 27.8. The number of hydrogen-bond acceptors (Lipinski definition) is 4. The predicted octanol–water partition coefficient (Wildman–Crippen LogP) is 3.70. The summed E-state index contributed by atoms with van der Waals surface area (Å²) in [6.45, 7) is 6.81. The number of carbonyl (C=O) groups is 1. The molecule has 0 saturated heterocycles. The number of ether oxygens (including phenoxy) is 1. The third kappa shape index (κ3) is 5.34. The van der Waals surface area contributed by atoms with E-state index in [-0.39, 0.29) is 12.1 Å². The molecule has 1 amide bonds. The van der Waals surface area contributed by atoms with E-state index in [2.05, 4.69) is 16.9 Å². The summed E-state index contributed by atoms with van der Waals surface area (Å²) in [5, 5.41) is 6.79. The Morgan fingerprint density at radius 2 is 1.91 bits per heavy atom. The molecule has 5 heteroatoms. The molecule has 2 N–H and O–H groups in total. The van der Waals surface area contributed by atoms with Crippen LogP contribution in [0.2, 0.25) is 0 Å². The van der Waals surface area contributed by atoms with Crippen molar-refractivity contribution < 1.29 is 9.53 Å². The molecule has 2 unspecified atom stereocenters. The van der Waals surface area contributed by atoms with Crippen LogP contribution >= 0.6 is 11.8 Å². The molecule has 4 nitrogen and oxygen atoms in total. The average Bonchev–Trinajstić information content (AvgIpc) is 2.36. The third-order valence-corrected chi connectivity index (χ3v) is 6.22. The molecule has 2 aliphatic carbocycles. The lowest BCUT2D eigenvalue weighted by atomic mass is 9.83. The van der Waals surface area contributed by atoms with Crippen LogP contribution in [0.3, 0.4) is 0 Å². The number of alkyl carbamates (subject to hydrolysis) is 1. The Kier molecular flexibility index (Phi) is 6.06. The van der Waals surface area contributed by atoms with Gasteiger partial charge in [0.25, 0.3) is 0 Å². The molecule has 0 radical (unpaired) electrons. The SMILES string of the molecule is CSC1(CNC2CCCC(NC(=O)OC(C)(C)C)C2)CCC1. The average molecular weight is 329 g/mol. The molecule has 0 aromatic rings. The van der Waals surface area contributed by atoms with Gasteiger partial charge in [-0.05, 0) is 65.6 Å². The van der Waals surface area contributed by atoms with Crippen LogP contribution in [-0.2, 0) is 4.74 Å². The van der Waals surface area contributed by atoms with Crippen molar-refractivity contribution in [2.75, 3.05) is 12.8 Å². The molecule has 0 heterocycles. The minimum absolute atomic E-state index is 0.243. The van der Waals surface area contributed by atoms with Gasteiger partial charge in [0.05, 0.1) is 0 Å². The van der Waals surface area contributed by atoms with Crippen LogP contribution in [0.1, 0.15) is 65.7 Å². The molecule has 2 fully saturated rings. The summed E-state index contributed by atoms with van der Waals surface area (Å²) >= 11 is 2.01. The van der Waals surface area contributed by atoms with Crippen LogP contribution in [0.4, 0.5) is 4.79 Å². The lowest BCUT2D eigenvalue weighted by Crippen LogP contribution is -2.50. The van der Waals surface area contributed by atoms with E-state index in [0.717, 1.165) is 19.4 Å². The molecule has 0 bridgehead atoms. The Bertz CT molecular complexity index is 372. The maximum Gasteiger partial charge on any atom is 0.407 e. The monoisotopic (exact) mass is 328 g/mol. The summed E-state index contributed by atoms with van der Waals surface area (Å²) in [5.41, 5.74) is -0.425. The Hall–Kier alpha value is -0.420. The topological polar surface area (TPSA) is 50.4 Å². The van der Waals surface area contributed by atoms with E-state index in [1.165, 1.54) is 32.1 Å². The Morgan fingerprint density at radius 3 is 2.45 bits per heavy atom. The van der Waals surface area contributed by atoms with E-state index < -0.39 is 5.60 Å². The van der Waals surface area contributed by atoms with Crippen LogP contribution in [0.25, 0.3) is 0 Å². The fourth-order valence-corrected chi connectivity index (χ4v) is 4.26. The van der Waals surface area contributed by atoms with E-state index in [4.69, 9.17) is 4.74 Å². The highest BCUT2D eigenvalue weighted by Gasteiger charge is 2.36. The van der Waals surface area contributed by atoms with Crippen LogP contribution in [0.15, 0.2) is 0 Å². The molecule has 2 atom stereocenters. The number of rotatable bonds is 5. The van der Waals surface area contributed by atoms with E-state index in [0.29, 0.717) is 10.8 Å². The summed E-state index contributed by atoms with van der Waals surface area (Å²) in [7, 11) is 0. The van der Waals surface area contributed by atoms with Crippen molar-refractivity contribution >= 4 is 17.9 Å². The molecule has 2 rings (SSSR count). The second-order valence-corrected chi connectivity index (χ2v) is 9.10. The lowest BCUT2D eigenvalue weighted by Gasteiger charge is -2.42. The Morgan fingerprint density at radius 1 is 1.23 bits per heavy atom. The van der Waals surface area contributed by atoms with E-state index in [9.17, 15) is 4.79 Å². The Labute approximate surface area is 139 Å². The molecule has 0 spiro atoms. The lowest BCUT2D eigenvalue weighted by molar-refractivity contribution is 0.0488. The summed E-state index contributed by atoms with van der Waals surface area (Å²) in [5.74, 6) is 0. The fraction of sp³-hybridized carbons (Fsp3) is 0.941. The second-order valence-electron chi connectivity index (χ2n) is 7.83. The maximum absolute atomic E-state index is 11.9. The van der Waals surface area contributed by atoms with Gasteiger partial charge in [0.15, 0.2) is 0 Å². The molecule has 2 aliphatic rings. The summed E-state index contributed by atoms with van der Waals surface area (Å²) in [4.78, 5) is 11.9. The maximum atomic E-state index is 11.9. The zero-order valence-corrected chi connectivity index (χ0v) is 15.4. The largest absolute Gasteiger partial charge is 0.444 e. The van der Waals surface area contributed by atoms with Gasteiger partial charge in [-0.2, -0.15) is 11.8 Å². The smallest absolute Gasteiger partial charge is 0.407 e. The highest BCUT2D eigenvalue weighted by atomic mass is 32.2. The van der Waals surface area contributed by atoms with Crippen molar-refractivity contribution in [1.82, 2.24) is 10.6 Å². The first kappa shape index (κ1) is 17.9. The standard InChI is InChI=1S/C17H32N2O2S/c1-16(2,3)21-15(20)19-14-8-5-7-13(11-14)18-12-17(22-4)9-6-10-17/h13-14,18H,5-12H2,1-4H3,(H,19,20). The van der Waals surface area contributed by atoms with Crippen molar-refractivity contribution in [3.05, 3.63) is 0 Å². The molecular formula is C17H32N2O2S. The third-order valence-electron chi connectivity index (χ3n) is 4.81. The van der Waals surface area contributed by atoms with Crippen LogP contribution < -0.4 is 10.6 Å². The first-order chi connectivity index (χ1) is 10.3. The van der Waals surface area contributed by atoms with Crippen molar-refractivity contribution in [2.24, 2.45) is 0 Å². The fourth-order valence-electron chi connectivity index (χ4n) is 3.34. The van der Waals surface area contributed by atoms with Crippen molar-refractivity contribution in [3.8, 4) is 0 Å². The molecule has 0 aromatic heterocycles. The van der Waals surface area contributed by atoms with Crippen molar-refractivity contribution in [3.63, 3.8) is 0 Å². The minimum Gasteiger partial charge on any atom is -0.444 e. The summed E-state index contributed by atoms with van der Waals surface area (Å²) < 4.78 is 5.84. The summed E-state index contributed by atoms with van der Waals surface area (Å²) in [6, 6.07) is 0.769. The quantitative estimate of drug-likeness (QED) is 0.808. The van der Waals surface area contributed by atoms with Crippen LogP contribution in [-0.4, -0.2) is 41.3 Å². The zero-order chi connectivity index (χ0) is 16.2. The van der Waals surface area contributed by atoms with Gasteiger partial charge in [0.2, 0.25) is 0 Å². The number of amides is 1. The zero-order valence-electron chi connectivity index (χ0n) is 14.5.